The molecule has 0 spiro atoms. The zero-order valence-corrected chi connectivity index (χ0v) is 14.7. The van der Waals surface area contributed by atoms with E-state index in [-0.39, 0.29) is 5.75 Å². The average Bonchev–Trinajstić information content (AvgIpc) is 2.75. The van der Waals surface area contributed by atoms with Gasteiger partial charge in [0.15, 0.2) is 0 Å². The maximum atomic E-state index is 12.2. The summed E-state index contributed by atoms with van der Waals surface area (Å²) in [5, 5.41) is 0. The number of likely N-dealkylation sites (N-methyl/N-ethyl adjacent to an activating group) is 1. The third kappa shape index (κ3) is 3.40. The molecule has 1 aromatic rings. The van der Waals surface area contributed by atoms with Crippen molar-refractivity contribution in [3.05, 3.63) is 18.2 Å². The summed E-state index contributed by atoms with van der Waals surface area (Å²) in [6.07, 6.45) is 1.78. The van der Waals surface area contributed by atoms with Gasteiger partial charge in [-0.25, -0.2) is 8.42 Å². The molecule has 0 bridgehead atoms. The molecule has 2 aliphatic heterocycles. The van der Waals surface area contributed by atoms with Crippen molar-refractivity contribution >= 4 is 21.4 Å². The number of methoxy groups -OCH3 is 1. The van der Waals surface area contributed by atoms with Crippen LogP contribution in [0.4, 0.5) is 11.4 Å². The highest BCUT2D eigenvalue weighted by Crippen LogP contribution is 2.35. The molecule has 0 N–H and O–H groups in total. The first-order chi connectivity index (χ1) is 11.0. The van der Waals surface area contributed by atoms with Crippen LogP contribution in [0.25, 0.3) is 0 Å². The Kier molecular flexibility index (Phi) is 4.68. The van der Waals surface area contributed by atoms with Crippen LogP contribution in [0.15, 0.2) is 18.2 Å². The Morgan fingerprint density at radius 1 is 1.04 bits per heavy atom. The van der Waals surface area contributed by atoms with E-state index in [4.69, 9.17) is 4.74 Å². The van der Waals surface area contributed by atoms with E-state index in [9.17, 15) is 8.42 Å². The van der Waals surface area contributed by atoms with Gasteiger partial charge in [0.2, 0.25) is 10.0 Å². The van der Waals surface area contributed by atoms with Gasteiger partial charge in [0.1, 0.15) is 5.75 Å². The van der Waals surface area contributed by atoms with E-state index >= 15 is 0 Å². The summed E-state index contributed by atoms with van der Waals surface area (Å²) >= 11 is 0. The standard InChI is InChI=1S/C16H25N3O3S/c1-17-7-3-8-18(11-10-17)15-13-14(5-6-16(15)22-2)19-9-4-12-23(19,20)21/h5-6,13H,3-4,7-12H2,1-2H3. The van der Waals surface area contributed by atoms with Crippen LogP contribution < -0.4 is 13.9 Å². The molecule has 1 aromatic carbocycles. The van der Waals surface area contributed by atoms with Crippen LogP contribution >= 0.6 is 0 Å². The van der Waals surface area contributed by atoms with Crippen molar-refractivity contribution in [2.75, 3.05) is 61.8 Å². The first-order valence-electron chi connectivity index (χ1n) is 8.13. The van der Waals surface area contributed by atoms with Crippen LogP contribution in [0.5, 0.6) is 5.75 Å². The summed E-state index contributed by atoms with van der Waals surface area (Å²) in [5.41, 5.74) is 1.73. The lowest BCUT2D eigenvalue weighted by molar-refractivity contribution is 0.360. The maximum Gasteiger partial charge on any atom is 0.235 e. The Labute approximate surface area is 138 Å². The van der Waals surface area contributed by atoms with Crippen molar-refractivity contribution in [2.24, 2.45) is 0 Å². The third-order valence-electron chi connectivity index (χ3n) is 4.61. The highest BCUT2D eigenvalue weighted by molar-refractivity contribution is 7.93. The van der Waals surface area contributed by atoms with Crippen LogP contribution in [-0.4, -0.2) is 66.0 Å². The lowest BCUT2D eigenvalue weighted by Crippen LogP contribution is -2.30. The van der Waals surface area contributed by atoms with E-state index < -0.39 is 10.0 Å². The lowest BCUT2D eigenvalue weighted by atomic mass is 10.2. The van der Waals surface area contributed by atoms with Crippen molar-refractivity contribution < 1.29 is 13.2 Å². The molecular formula is C16H25N3O3S. The Morgan fingerprint density at radius 2 is 1.87 bits per heavy atom. The summed E-state index contributed by atoms with van der Waals surface area (Å²) in [6.45, 7) is 4.52. The summed E-state index contributed by atoms with van der Waals surface area (Å²) < 4.78 is 31.4. The van der Waals surface area contributed by atoms with Crippen molar-refractivity contribution in [2.45, 2.75) is 12.8 Å². The number of anilines is 2. The third-order valence-corrected chi connectivity index (χ3v) is 6.48. The molecule has 3 rings (SSSR count). The summed E-state index contributed by atoms with van der Waals surface area (Å²) in [4.78, 5) is 4.62. The fourth-order valence-electron chi connectivity index (χ4n) is 3.30. The minimum atomic E-state index is -3.16. The van der Waals surface area contributed by atoms with Gasteiger partial charge in [0, 0.05) is 26.2 Å². The van der Waals surface area contributed by atoms with Gasteiger partial charge in [-0.1, -0.05) is 0 Å². The second-order valence-electron chi connectivity index (χ2n) is 6.24. The Hall–Kier alpha value is -1.47. The van der Waals surface area contributed by atoms with Crippen molar-refractivity contribution in [3.8, 4) is 5.75 Å². The van der Waals surface area contributed by atoms with Gasteiger partial charge in [0.05, 0.1) is 24.2 Å². The van der Waals surface area contributed by atoms with Crippen LogP contribution in [0.2, 0.25) is 0 Å². The predicted octanol–water partition coefficient (Wildman–Crippen LogP) is 1.38. The molecule has 0 aliphatic carbocycles. The fourth-order valence-corrected chi connectivity index (χ4v) is 4.85. The maximum absolute atomic E-state index is 12.2. The topological polar surface area (TPSA) is 53.1 Å². The highest BCUT2D eigenvalue weighted by atomic mass is 32.2. The van der Waals surface area contributed by atoms with Gasteiger partial charge in [-0.3, -0.25) is 4.31 Å². The van der Waals surface area contributed by atoms with Crippen LogP contribution in [0.1, 0.15) is 12.8 Å². The molecule has 128 valence electrons. The van der Waals surface area contributed by atoms with Gasteiger partial charge in [-0.2, -0.15) is 0 Å². The number of rotatable bonds is 3. The Balaban J connectivity index is 1.93. The number of sulfonamides is 1. The van der Waals surface area contributed by atoms with Crippen molar-refractivity contribution in [3.63, 3.8) is 0 Å². The molecule has 0 amide bonds. The minimum Gasteiger partial charge on any atom is -0.495 e. The molecule has 7 heteroatoms. The molecule has 2 saturated heterocycles. The summed E-state index contributed by atoms with van der Waals surface area (Å²) in [5.74, 6) is 1.04. The highest BCUT2D eigenvalue weighted by Gasteiger charge is 2.29. The number of hydrogen-bond donors (Lipinski definition) is 0. The van der Waals surface area contributed by atoms with E-state index in [0.29, 0.717) is 13.0 Å². The van der Waals surface area contributed by atoms with E-state index in [1.807, 2.05) is 18.2 Å². The molecule has 0 aromatic heterocycles. The van der Waals surface area contributed by atoms with Gasteiger partial charge < -0.3 is 14.5 Å². The average molecular weight is 339 g/mol. The van der Waals surface area contributed by atoms with Crippen LogP contribution in [0.3, 0.4) is 0 Å². The van der Waals surface area contributed by atoms with E-state index in [1.165, 1.54) is 4.31 Å². The molecule has 2 heterocycles. The molecule has 0 atom stereocenters. The largest absolute Gasteiger partial charge is 0.495 e. The Bertz CT molecular complexity index is 663. The van der Waals surface area contributed by atoms with Gasteiger partial charge in [0.25, 0.3) is 0 Å². The molecule has 0 radical (unpaired) electrons. The first-order valence-corrected chi connectivity index (χ1v) is 9.74. The SMILES string of the molecule is COc1ccc(N2CCCS2(=O)=O)cc1N1CCCN(C)CC1. The molecule has 2 aliphatic rings. The minimum absolute atomic E-state index is 0.239. The van der Waals surface area contributed by atoms with Crippen LogP contribution in [-0.2, 0) is 10.0 Å². The van der Waals surface area contributed by atoms with Gasteiger partial charge in [-0.05, 0) is 44.6 Å². The molecule has 6 nitrogen and oxygen atoms in total. The van der Waals surface area contributed by atoms with Crippen molar-refractivity contribution in [1.29, 1.82) is 0 Å². The summed E-state index contributed by atoms with van der Waals surface area (Å²) in [7, 11) is 0.637. The smallest absolute Gasteiger partial charge is 0.235 e. The predicted molar refractivity (Wildman–Crippen MR) is 93.1 cm³/mol. The van der Waals surface area contributed by atoms with Gasteiger partial charge in [-0.15, -0.1) is 0 Å². The summed E-state index contributed by atoms with van der Waals surface area (Å²) in [6, 6.07) is 5.69. The number of ether oxygens (including phenoxy) is 1. The number of nitrogens with zero attached hydrogens (tertiary/aromatic N) is 3. The lowest BCUT2D eigenvalue weighted by Gasteiger charge is -2.27. The molecule has 23 heavy (non-hydrogen) atoms. The zero-order chi connectivity index (χ0) is 16.4. The molecular weight excluding hydrogens is 314 g/mol. The van der Waals surface area contributed by atoms with E-state index in [1.54, 1.807) is 7.11 Å². The molecule has 2 fully saturated rings. The van der Waals surface area contributed by atoms with Gasteiger partial charge >= 0.3 is 0 Å². The fraction of sp³-hybridized carbons (Fsp3) is 0.625. The monoisotopic (exact) mass is 339 g/mol. The number of benzene rings is 1. The van der Waals surface area contributed by atoms with E-state index in [0.717, 1.165) is 49.7 Å². The van der Waals surface area contributed by atoms with E-state index in [2.05, 4.69) is 16.8 Å². The van der Waals surface area contributed by atoms with Crippen molar-refractivity contribution in [1.82, 2.24) is 4.90 Å². The molecule has 0 unspecified atom stereocenters. The molecule has 0 saturated carbocycles. The second-order valence-corrected chi connectivity index (χ2v) is 8.25. The zero-order valence-electron chi connectivity index (χ0n) is 13.9. The normalized spacial score (nSPS) is 22.2. The Morgan fingerprint density at radius 3 is 2.57 bits per heavy atom. The first kappa shape index (κ1) is 16.4. The number of hydrogen-bond acceptors (Lipinski definition) is 5. The van der Waals surface area contributed by atoms with Crippen LogP contribution in [0, 0.1) is 0 Å². The quantitative estimate of drug-likeness (QED) is 0.833. The second kappa shape index (κ2) is 6.57.